The average molecular weight is 237 g/mol. The molecule has 0 spiro atoms. The van der Waals surface area contributed by atoms with Crippen LogP contribution in [0, 0.1) is 17.2 Å². The van der Waals surface area contributed by atoms with Gasteiger partial charge < -0.3 is 0 Å². The highest BCUT2D eigenvalue weighted by molar-refractivity contribution is 9.10. The van der Waals surface area contributed by atoms with E-state index >= 15 is 0 Å². The first-order valence-corrected chi connectivity index (χ1v) is 5.12. The summed E-state index contributed by atoms with van der Waals surface area (Å²) in [6.45, 7) is 0. The lowest BCUT2D eigenvalue weighted by Crippen LogP contribution is -2.01. The van der Waals surface area contributed by atoms with E-state index in [2.05, 4.69) is 27.0 Å². The Bertz CT molecular complexity index is 352. The minimum atomic E-state index is -0.0180. The Balaban J connectivity index is 2.33. The fourth-order valence-corrected chi connectivity index (χ4v) is 1.95. The zero-order valence-electron chi connectivity index (χ0n) is 7.07. The molecule has 0 radical (unpaired) electrons. The normalized spacial score (nSPS) is 17.8. The van der Waals surface area contributed by atoms with Crippen molar-refractivity contribution in [1.82, 2.24) is 4.98 Å². The molecule has 1 aromatic rings. The quantitative estimate of drug-likeness (QED) is 0.792. The Morgan fingerprint density at radius 3 is 2.92 bits per heavy atom. The zero-order valence-corrected chi connectivity index (χ0v) is 8.66. The molecule has 3 heteroatoms. The average Bonchev–Trinajstić information content (AvgIpc) is 2.93. The molecule has 1 heterocycles. The molecule has 1 unspecified atom stereocenters. The minimum absolute atomic E-state index is 0.0180. The van der Waals surface area contributed by atoms with Crippen molar-refractivity contribution in [2.24, 2.45) is 5.92 Å². The van der Waals surface area contributed by atoms with Crippen LogP contribution in [0.15, 0.2) is 22.8 Å². The van der Waals surface area contributed by atoms with Gasteiger partial charge in [0.1, 0.15) is 0 Å². The van der Waals surface area contributed by atoms with E-state index in [1.165, 1.54) is 12.8 Å². The Hall–Kier alpha value is -0.880. The SMILES string of the molecule is N#CC(c1ncccc1Br)C1CC1. The highest BCUT2D eigenvalue weighted by Gasteiger charge is 2.34. The van der Waals surface area contributed by atoms with Crippen LogP contribution in [0.25, 0.3) is 0 Å². The zero-order chi connectivity index (χ0) is 9.26. The summed E-state index contributed by atoms with van der Waals surface area (Å²) in [5.41, 5.74) is 0.896. The van der Waals surface area contributed by atoms with Gasteiger partial charge in [0.25, 0.3) is 0 Å². The number of hydrogen-bond acceptors (Lipinski definition) is 2. The maximum Gasteiger partial charge on any atom is 0.0924 e. The first-order valence-electron chi connectivity index (χ1n) is 4.33. The maximum absolute atomic E-state index is 9.00. The summed E-state index contributed by atoms with van der Waals surface area (Å²) in [7, 11) is 0. The van der Waals surface area contributed by atoms with Crippen LogP contribution in [0.1, 0.15) is 24.5 Å². The number of nitrogens with zero attached hydrogens (tertiary/aromatic N) is 2. The Morgan fingerprint density at radius 1 is 1.62 bits per heavy atom. The number of nitriles is 1. The maximum atomic E-state index is 9.00. The van der Waals surface area contributed by atoms with Gasteiger partial charge in [0.15, 0.2) is 0 Å². The fraction of sp³-hybridized carbons (Fsp3) is 0.400. The molecule has 0 saturated heterocycles. The van der Waals surface area contributed by atoms with Gasteiger partial charge in [0.05, 0.1) is 17.7 Å². The second kappa shape index (κ2) is 3.47. The van der Waals surface area contributed by atoms with Gasteiger partial charge in [-0.05, 0) is 46.8 Å². The molecule has 1 fully saturated rings. The van der Waals surface area contributed by atoms with Gasteiger partial charge in [0.2, 0.25) is 0 Å². The molecule has 0 amide bonds. The summed E-state index contributed by atoms with van der Waals surface area (Å²) in [5, 5.41) is 9.00. The molecule has 2 rings (SSSR count). The first-order chi connectivity index (χ1) is 6.33. The molecule has 1 aliphatic rings. The van der Waals surface area contributed by atoms with E-state index in [0.717, 1.165) is 10.2 Å². The van der Waals surface area contributed by atoms with E-state index in [0.29, 0.717) is 5.92 Å². The molecule has 1 saturated carbocycles. The number of halogens is 1. The van der Waals surface area contributed by atoms with Crippen molar-refractivity contribution in [2.45, 2.75) is 18.8 Å². The van der Waals surface area contributed by atoms with Crippen LogP contribution >= 0.6 is 15.9 Å². The summed E-state index contributed by atoms with van der Waals surface area (Å²) < 4.78 is 0.952. The van der Waals surface area contributed by atoms with E-state index in [-0.39, 0.29) is 5.92 Å². The molecule has 0 bridgehead atoms. The van der Waals surface area contributed by atoms with E-state index in [1.807, 2.05) is 12.1 Å². The largest absolute Gasteiger partial charge is 0.259 e. The smallest absolute Gasteiger partial charge is 0.0924 e. The fourth-order valence-electron chi connectivity index (χ4n) is 1.45. The molecule has 0 N–H and O–H groups in total. The van der Waals surface area contributed by atoms with Crippen LogP contribution in [0.2, 0.25) is 0 Å². The third-order valence-corrected chi connectivity index (χ3v) is 2.98. The topological polar surface area (TPSA) is 36.7 Å². The number of hydrogen-bond donors (Lipinski definition) is 0. The van der Waals surface area contributed by atoms with Crippen LogP contribution in [-0.4, -0.2) is 4.98 Å². The van der Waals surface area contributed by atoms with Gasteiger partial charge in [-0.1, -0.05) is 0 Å². The van der Waals surface area contributed by atoms with Crippen LogP contribution < -0.4 is 0 Å². The van der Waals surface area contributed by atoms with Gasteiger partial charge >= 0.3 is 0 Å². The Morgan fingerprint density at radius 2 is 2.38 bits per heavy atom. The molecule has 13 heavy (non-hydrogen) atoms. The molecule has 66 valence electrons. The van der Waals surface area contributed by atoms with Crippen molar-refractivity contribution >= 4 is 15.9 Å². The lowest BCUT2D eigenvalue weighted by Gasteiger charge is -2.07. The second-order valence-electron chi connectivity index (χ2n) is 3.31. The number of rotatable bonds is 2. The highest BCUT2D eigenvalue weighted by Crippen LogP contribution is 2.43. The predicted octanol–water partition coefficient (Wildman–Crippen LogP) is 2.86. The van der Waals surface area contributed by atoms with Crippen molar-refractivity contribution in [1.29, 1.82) is 5.26 Å². The lowest BCUT2D eigenvalue weighted by molar-refractivity contribution is 0.712. The van der Waals surface area contributed by atoms with Crippen LogP contribution in [0.4, 0.5) is 0 Å². The van der Waals surface area contributed by atoms with Crippen molar-refractivity contribution in [3.05, 3.63) is 28.5 Å². The van der Waals surface area contributed by atoms with Crippen molar-refractivity contribution in [3.8, 4) is 6.07 Å². The van der Waals surface area contributed by atoms with E-state index in [4.69, 9.17) is 5.26 Å². The summed E-state index contributed by atoms with van der Waals surface area (Å²) in [4.78, 5) is 4.24. The molecule has 2 nitrogen and oxygen atoms in total. The van der Waals surface area contributed by atoms with Gasteiger partial charge in [-0.15, -0.1) is 0 Å². The summed E-state index contributed by atoms with van der Waals surface area (Å²) in [5.74, 6) is 0.520. The third-order valence-electron chi connectivity index (χ3n) is 2.31. The van der Waals surface area contributed by atoms with E-state index in [9.17, 15) is 0 Å². The van der Waals surface area contributed by atoms with Crippen molar-refractivity contribution in [3.63, 3.8) is 0 Å². The standard InChI is InChI=1S/C10H9BrN2/c11-9-2-1-5-13-10(9)8(6-12)7-3-4-7/h1-2,5,7-8H,3-4H2. The van der Waals surface area contributed by atoms with Crippen LogP contribution in [-0.2, 0) is 0 Å². The van der Waals surface area contributed by atoms with Gasteiger partial charge in [-0.25, -0.2) is 0 Å². The predicted molar refractivity (Wildman–Crippen MR) is 53.0 cm³/mol. The Kier molecular flexibility index (Phi) is 2.32. The molecule has 0 aromatic carbocycles. The number of aromatic nitrogens is 1. The molecule has 0 aliphatic heterocycles. The lowest BCUT2D eigenvalue weighted by atomic mass is 10.0. The Labute approximate surface area is 85.7 Å². The van der Waals surface area contributed by atoms with E-state index in [1.54, 1.807) is 6.20 Å². The summed E-state index contributed by atoms with van der Waals surface area (Å²) in [6.07, 6.45) is 4.08. The van der Waals surface area contributed by atoms with Gasteiger partial charge in [0, 0.05) is 10.7 Å². The van der Waals surface area contributed by atoms with E-state index < -0.39 is 0 Å². The monoisotopic (exact) mass is 236 g/mol. The second-order valence-corrected chi connectivity index (χ2v) is 4.17. The number of pyridine rings is 1. The van der Waals surface area contributed by atoms with Crippen LogP contribution in [0.5, 0.6) is 0 Å². The minimum Gasteiger partial charge on any atom is -0.259 e. The van der Waals surface area contributed by atoms with Crippen LogP contribution in [0.3, 0.4) is 0 Å². The molecular formula is C10H9BrN2. The first kappa shape index (κ1) is 8.71. The van der Waals surface area contributed by atoms with Crippen molar-refractivity contribution in [2.75, 3.05) is 0 Å². The van der Waals surface area contributed by atoms with Gasteiger partial charge in [-0.2, -0.15) is 5.26 Å². The molecule has 1 aliphatic carbocycles. The summed E-state index contributed by atoms with van der Waals surface area (Å²) in [6, 6.07) is 6.14. The summed E-state index contributed by atoms with van der Waals surface area (Å²) >= 11 is 3.42. The molecular weight excluding hydrogens is 228 g/mol. The van der Waals surface area contributed by atoms with Crippen molar-refractivity contribution < 1.29 is 0 Å². The molecule has 1 aromatic heterocycles. The van der Waals surface area contributed by atoms with Gasteiger partial charge in [-0.3, -0.25) is 4.98 Å². The highest BCUT2D eigenvalue weighted by atomic mass is 79.9. The third kappa shape index (κ3) is 1.73. The molecule has 1 atom stereocenters.